The molecule has 0 aromatic heterocycles. The lowest BCUT2D eigenvalue weighted by Gasteiger charge is -2.07. The third kappa shape index (κ3) is 3.89. The maximum atomic E-state index is 12.0. The van der Waals surface area contributed by atoms with Gasteiger partial charge in [0.1, 0.15) is 0 Å². The van der Waals surface area contributed by atoms with E-state index >= 15 is 0 Å². The van der Waals surface area contributed by atoms with Crippen LogP contribution in [0.2, 0.25) is 10.0 Å². The Morgan fingerprint density at radius 2 is 1.95 bits per heavy atom. The van der Waals surface area contributed by atoms with Gasteiger partial charge in [-0.2, -0.15) is 0 Å². The number of nitrogens with one attached hydrogen (secondary N) is 1. The lowest BCUT2D eigenvalue weighted by molar-refractivity contribution is 0.0954. The minimum absolute atomic E-state index is 0.211. The van der Waals surface area contributed by atoms with Crippen molar-refractivity contribution in [3.63, 3.8) is 0 Å². The first-order valence-corrected chi connectivity index (χ1v) is 6.89. The molecule has 0 bridgehead atoms. The SMILES string of the molecule is Nc1ccc(C(=O)NCCc2cccc(Cl)c2)c(Cl)c1. The predicted octanol–water partition coefficient (Wildman–Crippen LogP) is 3.55. The largest absolute Gasteiger partial charge is 0.399 e. The second-order valence-electron chi connectivity index (χ2n) is 4.38. The summed E-state index contributed by atoms with van der Waals surface area (Å²) in [5.41, 5.74) is 7.62. The molecule has 0 saturated heterocycles. The molecule has 20 heavy (non-hydrogen) atoms. The van der Waals surface area contributed by atoms with E-state index in [9.17, 15) is 4.79 Å². The van der Waals surface area contributed by atoms with E-state index in [1.54, 1.807) is 18.2 Å². The summed E-state index contributed by atoms with van der Waals surface area (Å²) in [5.74, 6) is -0.211. The maximum absolute atomic E-state index is 12.0. The molecule has 0 unspecified atom stereocenters. The van der Waals surface area contributed by atoms with Crippen LogP contribution in [-0.2, 0) is 6.42 Å². The number of anilines is 1. The number of hydrogen-bond acceptors (Lipinski definition) is 2. The minimum Gasteiger partial charge on any atom is -0.399 e. The topological polar surface area (TPSA) is 55.1 Å². The van der Waals surface area contributed by atoms with Crippen molar-refractivity contribution in [1.82, 2.24) is 5.32 Å². The molecule has 5 heteroatoms. The summed E-state index contributed by atoms with van der Waals surface area (Å²) in [5, 5.41) is 3.86. The normalized spacial score (nSPS) is 10.3. The number of amides is 1. The van der Waals surface area contributed by atoms with Gasteiger partial charge in [-0.15, -0.1) is 0 Å². The molecular weight excluding hydrogens is 295 g/mol. The Labute approximate surface area is 127 Å². The lowest BCUT2D eigenvalue weighted by Crippen LogP contribution is -2.26. The Bertz CT molecular complexity index is 629. The van der Waals surface area contributed by atoms with Crippen LogP contribution in [0.1, 0.15) is 15.9 Å². The first kappa shape index (κ1) is 14.7. The van der Waals surface area contributed by atoms with Crippen molar-refractivity contribution in [2.75, 3.05) is 12.3 Å². The highest BCUT2D eigenvalue weighted by atomic mass is 35.5. The van der Waals surface area contributed by atoms with Crippen LogP contribution in [0.25, 0.3) is 0 Å². The Morgan fingerprint density at radius 1 is 1.15 bits per heavy atom. The number of hydrogen-bond donors (Lipinski definition) is 2. The van der Waals surface area contributed by atoms with Crippen LogP contribution < -0.4 is 11.1 Å². The zero-order valence-corrected chi connectivity index (χ0v) is 12.2. The molecule has 3 N–H and O–H groups in total. The lowest BCUT2D eigenvalue weighted by atomic mass is 10.1. The van der Waals surface area contributed by atoms with Gasteiger partial charge in [0.2, 0.25) is 0 Å². The van der Waals surface area contributed by atoms with Crippen molar-refractivity contribution in [3.8, 4) is 0 Å². The quantitative estimate of drug-likeness (QED) is 0.849. The molecule has 3 nitrogen and oxygen atoms in total. The molecule has 2 rings (SSSR count). The first-order valence-electron chi connectivity index (χ1n) is 6.14. The van der Waals surface area contributed by atoms with E-state index in [0.717, 1.165) is 5.56 Å². The van der Waals surface area contributed by atoms with Gasteiger partial charge < -0.3 is 11.1 Å². The molecule has 0 aliphatic carbocycles. The minimum atomic E-state index is -0.211. The van der Waals surface area contributed by atoms with Gasteiger partial charge in [0.25, 0.3) is 5.91 Å². The van der Waals surface area contributed by atoms with Crippen molar-refractivity contribution in [3.05, 3.63) is 63.6 Å². The van der Waals surface area contributed by atoms with Gasteiger partial charge in [-0.25, -0.2) is 0 Å². The van der Waals surface area contributed by atoms with Gasteiger partial charge in [0.05, 0.1) is 10.6 Å². The molecule has 0 saturated carbocycles. The van der Waals surface area contributed by atoms with Gasteiger partial charge in [0.15, 0.2) is 0 Å². The second kappa shape index (κ2) is 6.64. The van der Waals surface area contributed by atoms with E-state index < -0.39 is 0 Å². The van der Waals surface area contributed by atoms with Crippen LogP contribution in [0.15, 0.2) is 42.5 Å². The van der Waals surface area contributed by atoms with Crippen molar-refractivity contribution >= 4 is 34.8 Å². The fourth-order valence-corrected chi connectivity index (χ4v) is 2.31. The third-order valence-corrected chi connectivity index (χ3v) is 3.37. The van der Waals surface area contributed by atoms with Crippen LogP contribution in [0.4, 0.5) is 5.69 Å². The summed E-state index contributed by atoms with van der Waals surface area (Å²) in [4.78, 5) is 12.0. The van der Waals surface area contributed by atoms with Crippen LogP contribution in [0.5, 0.6) is 0 Å². The molecule has 0 heterocycles. The number of carbonyl (C=O) groups is 1. The highest BCUT2D eigenvalue weighted by Crippen LogP contribution is 2.19. The van der Waals surface area contributed by atoms with Crippen molar-refractivity contribution in [1.29, 1.82) is 0 Å². The molecule has 1 amide bonds. The molecule has 0 aliphatic rings. The van der Waals surface area contributed by atoms with E-state index in [1.807, 2.05) is 24.3 Å². The third-order valence-electron chi connectivity index (χ3n) is 2.83. The average Bonchev–Trinajstić information content (AvgIpc) is 2.38. The fourth-order valence-electron chi connectivity index (χ4n) is 1.82. The molecule has 0 radical (unpaired) electrons. The molecule has 0 aliphatic heterocycles. The van der Waals surface area contributed by atoms with Crippen LogP contribution in [-0.4, -0.2) is 12.5 Å². The molecule has 2 aromatic carbocycles. The Morgan fingerprint density at radius 3 is 2.65 bits per heavy atom. The molecule has 2 aromatic rings. The standard InChI is InChI=1S/C15H14Cl2N2O/c16-11-3-1-2-10(8-11)6-7-19-15(20)13-5-4-12(18)9-14(13)17/h1-5,8-9H,6-7,18H2,(H,19,20). The number of halogens is 2. The van der Waals surface area contributed by atoms with Gasteiger partial charge in [-0.05, 0) is 42.3 Å². The first-order chi connectivity index (χ1) is 9.56. The zero-order chi connectivity index (χ0) is 14.5. The van der Waals surface area contributed by atoms with E-state index in [1.165, 1.54) is 0 Å². The summed E-state index contributed by atoms with van der Waals surface area (Å²) in [6.07, 6.45) is 0.707. The second-order valence-corrected chi connectivity index (χ2v) is 5.22. The van der Waals surface area contributed by atoms with Crippen LogP contribution >= 0.6 is 23.2 Å². The smallest absolute Gasteiger partial charge is 0.252 e. The van der Waals surface area contributed by atoms with Crippen LogP contribution in [0.3, 0.4) is 0 Å². The number of nitrogen functional groups attached to an aromatic ring is 1. The van der Waals surface area contributed by atoms with Crippen molar-refractivity contribution < 1.29 is 4.79 Å². The average molecular weight is 309 g/mol. The van der Waals surface area contributed by atoms with Gasteiger partial charge >= 0.3 is 0 Å². The molecule has 104 valence electrons. The highest BCUT2D eigenvalue weighted by molar-refractivity contribution is 6.34. The highest BCUT2D eigenvalue weighted by Gasteiger charge is 2.09. The van der Waals surface area contributed by atoms with E-state index in [4.69, 9.17) is 28.9 Å². The Hall–Kier alpha value is -1.71. The van der Waals surface area contributed by atoms with Crippen molar-refractivity contribution in [2.24, 2.45) is 0 Å². The maximum Gasteiger partial charge on any atom is 0.252 e. The summed E-state index contributed by atoms with van der Waals surface area (Å²) in [7, 11) is 0. The Kier molecular flexibility index (Phi) is 4.88. The predicted molar refractivity (Wildman–Crippen MR) is 83.4 cm³/mol. The van der Waals surface area contributed by atoms with Crippen molar-refractivity contribution in [2.45, 2.75) is 6.42 Å². The monoisotopic (exact) mass is 308 g/mol. The van der Waals surface area contributed by atoms with E-state index in [0.29, 0.717) is 34.3 Å². The van der Waals surface area contributed by atoms with Gasteiger partial charge in [-0.3, -0.25) is 4.79 Å². The molecule has 0 fully saturated rings. The number of carbonyl (C=O) groups excluding carboxylic acids is 1. The molecule has 0 atom stereocenters. The fraction of sp³-hybridized carbons (Fsp3) is 0.133. The summed E-state index contributed by atoms with van der Waals surface area (Å²) < 4.78 is 0. The number of benzene rings is 2. The van der Waals surface area contributed by atoms with E-state index in [2.05, 4.69) is 5.32 Å². The Balaban J connectivity index is 1.92. The molecule has 0 spiro atoms. The van der Waals surface area contributed by atoms with Gasteiger partial charge in [0, 0.05) is 17.3 Å². The van der Waals surface area contributed by atoms with Crippen LogP contribution in [0, 0.1) is 0 Å². The zero-order valence-electron chi connectivity index (χ0n) is 10.7. The number of rotatable bonds is 4. The van der Waals surface area contributed by atoms with Gasteiger partial charge in [-0.1, -0.05) is 35.3 Å². The summed E-state index contributed by atoms with van der Waals surface area (Å²) in [6, 6.07) is 12.4. The molecular formula is C15H14Cl2N2O. The summed E-state index contributed by atoms with van der Waals surface area (Å²) >= 11 is 11.9. The van der Waals surface area contributed by atoms with E-state index in [-0.39, 0.29) is 5.91 Å². The summed E-state index contributed by atoms with van der Waals surface area (Å²) in [6.45, 7) is 0.514. The number of nitrogens with two attached hydrogens (primary N) is 1.